The molecule has 2 aromatic rings. The number of hydrogen-bond acceptors (Lipinski definition) is 4. The van der Waals surface area contributed by atoms with Crippen LogP contribution < -0.4 is 10.6 Å². The van der Waals surface area contributed by atoms with E-state index in [1.54, 1.807) is 11.3 Å². The second kappa shape index (κ2) is 9.15. The van der Waals surface area contributed by atoms with E-state index in [1.165, 1.54) is 4.88 Å². The second-order valence-corrected chi connectivity index (χ2v) is 8.20. The highest BCUT2D eigenvalue weighted by molar-refractivity contribution is 7.80. The van der Waals surface area contributed by atoms with Crippen molar-refractivity contribution in [1.29, 1.82) is 0 Å². The van der Waals surface area contributed by atoms with Gasteiger partial charge in [0.05, 0.1) is 19.3 Å². The van der Waals surface area contributed by atoms with Gasteiger partial charge in [0.1, 0.15) is 0 Å². The number of rotatable bonds is 5. The Bertz CT molecular complexity index is 732. The number of anilines is 1. The molecular formula is C19H24ClN3OS2. The van der Waals surface area contributed by atoms with Crippen LogP contribution in [0.2, 0.25) is 5.02 Å². The van der Waals surface area contributed by atoms with Gasteiger partial charge in [-0.1, -0.05) is 23.7 Å². The van der Waals surface area contributed by atoms with E-state index in [2.05, 4.69) is 40.0 Å². The Balaban J connectivity index is 1.69. The lowest BCUT2D eigenvalue weighted by molar-refractivity contribution is 0.0110. The number of hydrogen-bond donors (Lipinski definition) is 2. The van der Waals surface area contributed by atoms with Crippen molar-refractivity contribution >= 4 is 46.0 Å². The van der Waals surface area contributed by atoms with E-state index in [-0.39, 0.29) is 12.1 Å². The van der Waals surface area contributed by atoms with Crippen molar-refractivity contribution < 1.29 is 4.74 Å². The summed E-state index contributed by atoms with van der Waals surface area (Å²) in [5.41, 5.74) is 1.93. The highest BCUT2D eigenvalue weighted by Gasteiger charge is 2.29. The molecule has 0 amide bonds. The zero-order valence-corrected chi connectivity index (χ0v) is 17.4. The minimum Gasteiger partial charge on any atom is -0.379 e. The number of thiocarbonyl (C=S) groups is 1. The quantitative estimate of drug-likeness (QED) is 0.713. The summed E-state index contributed by atoms with van der Waals surface area (Å²) in [5, 5.41) is 10.2. The number of ether oxygens (including phenoxy) is 1. The van der Waals surface area contributed by atoms with Crippen LogP contribution in [0.3, 0.4) is 0 Å². The van der Waals surface area contributed by atoms with E-state index in [0.717, 1.165) is 42.6 Å². The molecule has 0 aliphatic carbocycles. The van der Waals surface area contributed by atoms with Gasteiger partial charge in [-0.3, -0.25) is 4.90 Å². The number of halogens is 1. The van der Waals surface area contributed by atoms with E-state index in [9.17, 15) is 0 Å². The maximum absolute atomic E-state index is 6.20. The molecule has 1 saturated heterocycles. The first-order valence-electron chi connectivity index (χ1n) is 8.74. The molecule has 0 unspecified atom stereocenters. The lowest BCUT2D eigenvalue weighted by Crippen LogP contribution is -2.49. The van der Waals surface area contributed by atoms with Crippen LogP contribution in [0.4, 0.5) is 5.69 Å². The Morgan fingerprint density at radius 1 is 1.27 bits per heavy atom. The Morgan fingerprint density at radius 3 is 2.73 bits per heavy atom. The van der Waals surface area contributed by atoms with Gasteiger partial charge in [-0.25, -0.2) is 0 Å². The van der Waals surface area contributed by atoms with Gasteiger partial charge in [-0.15, -0.1) is 11.3 Å². The van der Waals surface area contributed by atoms with Crippen LogP contribution in [0.15, 0.2) is 35.7 Å². The summed E-state index contributed by atoms with van der Waals surface area (Å²) < 4.78 is 5.52. The van der Waals surface area contributed by atoms with Crippen molar-refractivity contribution in [3.63, 3.8) is 0 Å². The molecule has 0 bridgehead atoms. The summed E-state index contributed by atoms with van der Waals surface area (Å²) in [6.07, 6.45) is 0. The van der Waals surface area contributed by atoms with Crippen LogP contribution in [0.25, 0.3) is 0 Å². The minimum absolute atomic E-state index is 0.159. The first-order valence-corrected chi connectivity index (χ1v) is 10.4. The molecule has 0 saturated carbocycles. The van der Waals surface area contributed by atoms with Crippen molar-refractivity contribution in [2.24, 2.45) is 0 Å². The predicted molar refractivity (Wildman–Crippen MR) is 114 cm³/mol. The van der Waals surface area contributed by atoms with Crippen LogP contribution in [-0.2, 0) is 4.74 Å². The molecular weight excluding hydrogens is 386 g/mol. The number of thiophene rings is 1. The van der Waals surface area contributed by atoms with Gasteiger partial charge in [-0.2, -0.15) is 0 Å². The van der Waals surface area contributed by atoms with Crippen LogP contribution >= 0.6 is 35.2 Å². The third kappa shape index (κ3) is 4.75. The lowest BCUT2D eigenvalue weighted by atomic mass is 10.1. The highest BCUT2D eigenvalue weighted by atomic mass is 35.5. The summed E-state index contributed by atoms with van der Waals surface area (Å²) in [5.74, 6) is 0. The van der Waals surface area contributed by atoms with Gasteiger partial charge < -0.3 is 15.4 Å². The first-order chi connectivity index (χ1) is 12.6. The van der Waals surface area contributed by atoms with Crippen LogP contribution in [0, 0.1) is 6.92 Å². The number of morpholine rings is 1. The third-order valence-corrected chi connectivity index (χ3v) is 6.19. The van der Waals surface area contributed by atoms with Crippen LogP contribution in [-0.4, -0.2) is 42.4 Å². The average molecular weight is 410 g/mol. The van der Waals surface area contributed by atoms with Crippen molar-refractivity contribution in [3.05, 3.63) is 51.2 Å². The van der Waals surface area contributed by atoms with Gasteiger partial charge >= 0.3 is 0 Å². The summed E-state index contributed by atoms with van der Waals surface area (Å²) in [7, 11) is 0. The fraction of sp³-hybridized carbons (Fsp3) is 0.421. The summed E-state index contributed by atoms with van der Waals surface area (Å²) in [6.45, 7) is 7.58. The van der Waals surface area contributed by atoms with E-state index >= 15 is 0 Å². The maximum Gasteiger partial charge on any atom is 0.171 e. The average Bonchev–Trinajstić information content (AvgIpc) is 3.14. The van der Waals surface area contributed by atoms with E-state index in [1.807, 2.05) is 25.1 Å². The van der Waals surface area contributed by atoms with Crippen LogP contribution in [0.1, 0.15) is 23.4 Å². The van der Waals surface area contributed by atoms with Gasteiger partial charge in [0.2, 0.25) is 0 Å². The SMILES string of the molecule is Cc1c(Cl)cccc1NC(=S)N[C@@H](C)[C@H](c1cccs1)N1CCOCC1. The molecule has 140 valence electrons. The zero-order chi connectivity index (χ0) is 18.5. The fourth-order valence-corrected chi connectivity index (χ4v) is 4.68. The third-order valence-electron chi connectivity index (χ3n) is 4.62. The number of nitrogens with one attached hydrogen (secondary N) is 2. The van der Waals surface area contributed by atoms with Crippen molar-refractivity contribution in [2.45, 2.75) is 25.9 Å². The largest absolute Gasteiger partial charge is 0.379 e. The molecule has 1 aliphatic rings. The molecule has 1 aromatic heterocycles. The van der Waals surface area contributed by atoms with Gasteiger partial charge in [-0.05, 0) is 55.2 Å². The second-order valence-electron chi connectivity index (χ2n) is 6.41. The molecule has 0 radical (unpaired) electrons. The summed E-state index contributed by atoms with van der Waals surface area (Å²) in [6, 6.07) is 10.5. The molecule has 2 atom stereocenters. The van der Waals surface area contributed by atoms with Crippen molar-refractivity contribution in [3.8, 4) is 0 Å². The Labute approximate surface area is 169 Å². The summed E-state index contributed by atoms with van der Waals surface area (Å²) in [4.78, 5) is 3.81. The molecule has 1 aliphatic heterocycles. The van der Waals surface area contributed by atoms with E-state index in [4.69, 9.17) is 28.6 Å². The zero-order valence-electron chi connectivity index (χ0n) is 15.0. The molecule has 7 heteroatoms. The summed E-state index contributed by atoms with van der Waals surface area (Å²) >= 11 is 13.5. The minimum atomic E-state index is 0.159. The molecule has 2 heterocycles. The molecule has 0 spiro atoms. The Hall–Kier alpha value is -1.18. The Morgan fingerprint density at radius 2 is 2.04 bits per heavy atom. The number of nitrogens with zero attached hydrogens (tertiary/aromatic N) is 1. The van der Waals surface area contributed by atoms with Crippen molar-refractivity contribution in [2.75, 3.05) is 31.6 Å². The van der Waals surface area contributed by atoms with E-state index < -0.39 is 0 Å². The standard InChI is InChI=1S/C19H24ClN3OS2/c1-13-15(20)5-3-6-16(13)22-19(25)21-14(2)18(17-7-4-12-26-17)23-8-10-24-11-9-23/h3-7,12,14,18H,8-11H2,1-2H3,(H2,21,22,25)/t14-,18+/m0/s1. The maximum atomic E-state index is 6.20. The van der Waals surface area contributed by atoms with Crippen molar-refractivity contribution in [1.82, 2.24) is 10.2 Å². The number of benzene rings is 1. The lowest BCUT2D eigenvalue weighted by Gasteiger charge is -2.38. The molecule has 1 fully saturated rings. The normalized spacial score (nSPS) is 17.5. The smallest absolute Gasteiger partial charge is 0.171 e. The monoisotopic (exact) mass is 409 g/mol. The topological polar surface area (TPSA) is 36.5 Å². The Kier molecular flexibility index (Phi) is 6.89. The molecule has 2 N–H and O–H groups in total. The molecule has 26 heavy (non-hydrogen) atoms. The first kappa shape index (κ1) is 19.6. The van der Waals surface area contributed by atoms with E-state index in [0.29, 0.717) is 5.11 Å². The van der Waals surface area contributed by atoms with Gasteiger partial charge in [0, 0.05) is 34.7 Å². The fourth-order valence-electron chi connectivity index (χ4n) is 3.24. The van der Waals surface area contributed by atoms with Gasteiger partial charge in [0.15, 0.2) is 5.11 Å². The molecule has 4 nitrogen and oxygen atoms in total. The molecule has 1 aromatic carbocycles. The van der Waals surface area contributed by atoms with Crippen LogP contribution in [0.5, 0.6) is 0 Å². The highest BCUT2D eigenvalue weighted by Crippen LogP contribution is 2.29. The van der Waals surface area contributed by atoms with Gasteiger partial charge in [0.25, 0.3) is 0 Å². The predicted octanol–water partition coefficient (Wildman–Crippen LogP) is 4.46. The molecule has 3 rings (SSSR count).